The maximum absolute atomic E-state index is 12.1. The molecule has 106 valence electrons. The van der Waals surface area contributed by atoms with Crippen molar-refractivity contribution in [2.75, 3.05) is 6.54 Å². The van der Waals surface area contributed by atoms with E-state index in [1.165, 1.54) is 0 Å². The minimum absolute atomic E-state index is 0.141. The number of hydrogen-bond acceptors (Lipinski definition) is 3. The van der Waals surface area contributed by atoms with Gasteiger partial charge >= 0.3 is 0 Å². The van der Waals surface area contributed by atoms with E-state index in [4.69, 9.17) is 16.0 Å². The number of halogens is 1. The fraction of sp³-hybridized carbons (Fsp3) is 0.333. The molecule has 2 heterocycles. The highest BCUT2D eigenvalue weighted by Crippen LogP contribution is 2.12. The normalized spacial score (nSPS) is 10.5. The van der Waals surface area contributed by atoms with Crippen molar-refractivity contribution >= 4 is 17.5 Å². The van der Waals surface area contributed by atoms with Gasteiger partial charge in [-0.05, 0) is 30.7 Å². The van der Waals surface area contributed by atoms with Crippen molar-refractivity contribution in [1.29, 1.82) is 0 Å². The first-order valence-electron chi connectivity index (χ1n) is 6.66. The Morgan fingerprint density at radius 3 is 2.95 bits per heavy atom. The summed E-state index contributed by atoms with van der Waals surface area (Å²) in [7, 11) is 0. The molecule has 0 saturated carbocycles. The molecule has 2 aromatic rings. The van der Waals surface area contributed by atoms with Crippen molar-refractivity contribution in [2.24, 2.45) is 0 Å². The molecule has 0 bridgehead atoms. The summed E-state index contributed by atoms with van der Waals surface area (Å²) in [6.45, 7) is 2.58. The van der Waals surface area contributed by atoms with Crippen LogP contribution in [0.2, 0.25) is 5.15 Å². The molecule has 0 radical (unpaired) electrons. The average Bonchev–Trinajstić information content (AvgIpc) is 2.91. The van der Waals surface area contributed by atoms with Gasteiger partial charge in [-0.1, -0.05) is 24.9 Å². The number of aromatic nitrogens is 1. The van der Waals surface area contributed by atoms with Crippen LogP contribution in [0.3, 0.4) is 0 Å². The highest BCUT2D eigenvalue weighted by Gasteiger charge is 2.09. The summed E-state index contributed by atoms with van der Waals surface area (Å²) in [5, 5.41) is 3.20. The zero-order valence-corrected chi connectivity index (χ0v) is 12.1. The van der Waals surface area contributed by atoms with E-state index >= 15 is 0 Å². The Morgan fingerprint density at radius 2 is 2.25 bits per heavy atom. The van der Waals surface area contributed by atoms with Gasteiger partial charge in [0.1, 0.15) is 10.9 Å². The van der Waals surface area contributed by atoms with Gasteiger partial charge in [-0.25, -0.2) is 4.98 Å². The molecule has 4 nitrogen and oxygen atoms in total. The molecule has 2 rings (SSSR count). The predicted octanol–water partition coefficient (Wildman–Crippen LogP) is 3.25. The van der Waals surface area contributed by atoms with E-state index in [1.807, 2.05) is 12.1 Å². The number of carbonyl (C=O) groups is 1. The molecule has 0 saturated heterocycles. The third-order valence-electron chi connectivity index (χ3n) is 2.85. The van der Waals surface area contributed by atoms with Gasteiger partial charge in [0.25, 0.3) is 5.91 Å². The first kappa shape index (κ1) is 14.6. The van der Waals surface area contributed by atoms with Crippen molar-refractivity contribution in [2.45, 2.75) is 26.2 Å². The second kappa shape index (κ2) is 7.10. The van der Waals surface area contributed by atoms with Gasteiger partial charge in [0.2, 0.25) is 0 Å². The third-order valence-corrected chi connectivity index (χ3v) is 3.05. The maximum atomic E-state index is 12.1. The van der Waals surface area contributed by atoms with Crippen LogP contribution in [0, 0.1) is 0 Å². The second-order valence-electron chi connectivity index (χ2n) is 4.51. The van der Waals surface area contributed by atoms with Gasteiger partial charge in [0.15, 0.2) is 0 Å². The van der Waals surface area contributed by atoms with Crippen LogP contribution < -0.4 is 5.32 Å². The maximum Gasteiger partial charge on any atom is 0.251 e. The molecule has 5 heteroatoms. The topological polar surface area (TPSA) is 55.1 Å². The Hall–Kier alpha value is -1.81. The van der Waals surface area contributed by atoms with Crippen LogP contribution >= 0.6 is 11.6 Å². The van der Waals surface area contributed by atoms with Gasteiger partial charge < -0.3 is 9.73 Å². The predicted molar refractivity (Wildman–Crippen MR) is 78.0 cm³/mol. The van der Waals surface area contributed by atoms with Crippen molar-refractivity contribution in [3.05, 3.63) is 52.7 Å². The van der Waals surface area contributed by atoms with Crippen LogP contribution in [0.5, 0.6) is 0 Å². The SMILES string of the molecule is CCCc1cc(C(=O)NCCc2ccco2)cc(Cl)n1. The zero-order chi connectivity index (χ0) is 14.4. The minimum Gasteiger partial charge on any atom is -0.469 e. The molecule has 0 fully saturated rings. The van der Waals surface area contributed by atoms with Crippen LogP contribution in [0.15, 0.2) is 34.9 Å². The molecule has 0 aliphatic carbocycles. The molecule has 1 amide bonds. The Morgan fingerprint density at radius 1 is 1.40 bits per heavy atom. The molecular formula is C15H17ClN2O2. The quantitative estimate of drug-likeness (QED) is 0.832. The first-order valence-corrected chi connectivity index (χ1v) is 7.04. The Bertz CT molecular complexity index is 567. The number of nitrogens with one attached hydrogen (secondary N) is 1. The second-order valence-corrected chi connectivity index (χ2v) is 4.89. The van der Waals surface area contributed by atoms with Gasteiger partial charge in [-0.2, -0.15) is 0 Å². The molecule has 0 aliphatic heterocycles. The number of furan rings is 1. The van der Waals surface area contributed by atoms with Crippen molar-refractivity contribution in [1.82, 2.24) is 10.3 Å². The molecule has 0 unspecified atom stereocenters. The van der Waals surface area contributed by atoms with Crippen LogP contribution in [0.1, 0.15) is 35.2 Å². The fourth-order valence-electron chi connectivity index (χ4n) is 1.92. The van der Waals surface area contributed by atoms with E-state index in [2.05, 4.69) is 17.2 Å². The summed E-state index contributed by atoms with van der Waals surface area (Å²) in [6, 6.07) is 7.09. The summed E-state index contributed by atoms with van der Waals surface area (Å²) in [4.78, 5) is 16.3. The number of amides is 1. The number of nitrogens with zero attached hydrogens (tertiary/aromatic N) is 1. The van der Waals surface area contributed by atoms with Crippen LogP contribution in [0.25, 0.3) is 0 Å². The van der Waals surface area contributed by atoms with E-state index < -0.39 is 0 Å². The highest BCUT2D eigenvalue weighted by atomic mass is 35.5. The van der Waals surface area contributed by atoms with Gasteiger partial charge in [-0.15, -0.1) is 0 Å². The Kier molecular flexibility index (Phi) is 5.18. The Labute approximate surface area is 123 Å². The van der Waals surface area contributed by atoms with Gasteiger partial charge in [0, 0.05) is 24.2 Å². The summed E-state index contributed by atoms with van der Waals surface area (Å²) < 4.78 is 5.21. The lowest BCUT2D eigenvalue weighted by Gasteiger charge is -2.06. The average molecular weight is 293 g/mol. The highest BCUT2D eigenvalue weighted by molar-refractivity contribution is 6.29. The molecule has 0 atom stereocenters. The monoisotopic (exact) mass is 292 g/mol. The van der Waals surface area contributed by atoms with Crippen molar-refractivity contribution in [3.8, 4) is 0 Å². The van der Waals surface area contributed by atoms with Crippen LogP contribution in [-0.2, 0) is 12.8 Å². The fourth-order valence-corrected chi connectivity index (χ4v) is 2.15. The van der Waals surface area contributed by atoms with E-state index in [0.29, 0.717) is 23.7 Å². The summed E-state index contributed by atoms with van der Waals surface area (Å²) in [6.07, 6.45) is 4.07. The molecule has 0 aromatic carbocycles. The van der Waals surface area contributed by atoms with Crippen molar-refractivity contribution in [3.63, 3.8) is 0 Å². The molecule has 0 spiro atoms. The molecule has 20 heavy (non-hydrogen) atoms. The molecule has 1 N–H and O–H groups in total. The van der Waals surface area contributed by atoms with Gasteiger partial charge in [-0.3, -0.25) is 4.79 Å². The standard InChI is InChI=1S/C15H17ClN2O2/c1-2-4-12-9-11(10-14(16)18-12)15(19)17-7-6-13-5-3-8-20-13/h3,5,8-10H,2,4,6-7H2,1H3,(H,17,19). The largest absolute Gasteiger partial charge is 0.469 e. The van der Waals surface area contributed by atoms with E-state index in [9.17, 15) is 4.79 Å². The molecule has 0 aliphatic rings. The number of pyridine rings is 1. The lowest BCUT2D eigenvalue weighted by atomic mass is 10.1. The Balaban J connectivity index is 1.94. The van der Waals surface area contributed by atoms with Crippen molar-refractivity contribution < 1.29 is 9.21 Å². The summed E-state index contributed by atoms with van der Waals surface area (Å²) >= 11 is 5.94. The van der Waals surface area contributed by atoms with Crippen LogP contribution in [0.4, 0.5) is 0 Å². The molecular weight excluding hydrogens is 276 g/mol. The third kappa shape index (κ3) is 4.10. The van der Waals surface area contributed by atoms with Crippen LogP contribution in [-0.4, -0.2) is 17.4 Å². The smallest absolute Gasteiger partial charge is 0.251 e. The minimum atomic E-state index is -0.141. The molecule has 2 aromatic heterocycles. The number of rotatable bonds is 6. The van der Waals surface area contributed by atoms with E-state index in [1.54, 1.807) is 18.4 Å². The van der Waals surface area contributed by atoms with Gasteiger partial charge in [0.05, 0.1) is 6.26 Å². The lowest BCUT2D eigenvalue weighted by molar-refractivity contribution is 0.0953. The number of aryl methyl sites for hydroxylation is 1. The summed E-state index contributed by atoms with van der Waals surface area (Å²) in [5.74, 6) is 0.711. The number of hydrogen-bond donors (Lipinski definition) is 1. The lowest BCUT2D eigenvalue weighted by Crippen LogP contribution is -2.25. The zero-order valence-electron chi connectivity index (χ0n) is 11.4. The summed E-state index contributed by atoms with van der Waals surface area (Å²) in [5.41, 5.74) is 1.39. The number of carbonyl (C=O) groups excluding carboxylic acids is 1. The first-order chi connectivity index (χ1) is 9.69. The van der Waals surface area contributed by atoms with E-state index in [-0.39, 0.29) is 5.91 Å². The van der Waals surface area contributed by atoms with E-state index in [0.717, 1.165) is 24.3 Å².